The van der Waals surface area contributed by atoms with Crippen LogP contribution >= 0.6 is 0 Å². The SMILES string of the molecule is CNC1CCC(C)(C)CC1Oc1ccc(C)cc1C. The first-order chi connectivity index (χ1) is 8.91. The highest BCUT2D eigenvalue weighted by molar-refractivity contribution is 5.36. The van der Waals surface area contributed by atoms with Gasteiger partial charge in [0.15, 0.2) is 0 Å². The minimum Gasteiger partial charge on any atom is -0.489 e. The fourth-order valence-corrected chi connectivity index (χ4v) is 3.07. The van der Waals surface area contributed by atoms with Gasteiger partial charge in [-0.1, -0.05) is 31.5 Å². The fourth-order valence-electron chi connectivity index (χ4n) is 3.07. The summed E-state index contributed by atoms with van der Waals surface area (Å²) in [5.41, 5.74) is 2.91. The van der Waals surface area contributed by atoms with E-state index in [2.05, 4.69) is 51.2 Å². The van der Waals surface area contributed by atoms with Crippen molar-refractivity contribution in [3.8, 4) is 5.75 Å². The van der Waals surface area contributed by atoms with Crippen molar-refractivity contribution in [2.75, 3.05) is 7.05 Å². The molecule has 0 aromatic heterocycles. The molecule has 0 heterocycles. The van der Waals surface area contributed by atoms with Gasteiger partial charge in [0, 0.05) is 6.04 Å². The van der Waals surface area contributed by atoms with Crippen molar-refractivity contribution < 1.29 is 4.74 Å². The molecule has 1 aliphatic carbocycles. The molecule has 1 N–H and O–H groups in total. The predicted octanol–water partition coefficient (Wildman–Crippen LogP) is 3.85. The van der Waals surface area contributed by atoms with Crippen molar-refractivity contribution in [2.24, 2.45) is 5.41 Å². The Kier molecular flexibility index (Phi) is 4.19. The molecule has 2 atom stereocenters. The topological polar surface area (TPSA) is 21.3 Å². The first kappa shape index (κ1) is 14.4. The maximum atomic E-state index is 6.32. The Bertz CT molecular complexity index is 439. The van der Waals surface area contributed by atoms with Crippen LogP contribution in [0.25, 0.3) is 0 Å². The summed E-state index contributed by atoms with van der Waals surface area (Å²) in [7, 11) is 2.04. The summed E-state index contributed by atoms with van der Waals surface area (Å²) in [6.07, 6.45) is 3.85. The van der Waals surface area contributed by atoms with Gasteiger partial charge in [-0.15, -0.1) is 0 Å². The van der Waals surface area contributed by atoms with Crippen molar-refractivity contribution >= 4 is 0 Å². The molecule has 0 spiro atoms. The fraction of sp³-hybridized carbons (Fsp3) is 0.647. The van der Waals surface area contributed by atoms with Crippen molar-refractivity contribution in [3.63, 3.8) is 0 Å². The van der Waals surface area contributed by atoms with Gasteiger partial charge in [0.05, 0.1) is 0 Å². The van der Waals surface area contributed by atoms with Gasteiger partial charge < -0.3 is 10.1 Å². The summed E-state index contributed by atoms with van der Waals surface area (Å²) >= 11 is 0. The van der Waals surface area contributed by atoms with E-state index >= 15 is 0 Å². The number of ether oxygens (including phenoxy) is 1. The molecule has 2 heteroatoms. The van der Waals surface area contributed by atoms with E-state index in [1.165, 1.54) is 24.0 Å². The molecule has 1 aromatic carbocycles. The maximum absolute atomic E-state index is 6.32. The van der Waals surface area contributed by atoms with Gasteiger partial charge in [0.2, 0.25) is 0 Å². The van der Waals surface area contributed by atoms with E-state index in [-0.39, 0.29) is 6.10 Å². The number of benzene rings is 1. The smallest absolute Gasteiger partial charge is 0.122 e. The van der Waals surface area contributed by atoms with Gasteiger partial charge in [-0.2, -0.15) is 0 Å². The predicted molar refractivity (Wildman–Crippen MR) is 80.8 cm³/mol. The molecule has 106 valence electrons. The Morgan fingerprint density at radius 2 is 2.00 bits per heavy atom. The van der Waals surface area contributed by atoms with Crippen LogP contribution in [0.3, 0.4) is 0 Å². The summed E-state index contributed by atoms with van der Waals surface area (Å²) < 4.78 is 6.32. The number of hydrogen-bond donors (Lipinski definition) is 1. The third-order valence-corrected chi connectivity index (χ3v) is 4.31. The number of hydrogen-bond acceptors (Lipinski definition) is 2. The van der Waals surface area contributed by atoms with E-state index in [1.807, 2.05) is 7.05 Å². The van der Waals surface area contributed by atoms with Crippen LogP contribution in [0.15, 0.2) is 18.2 Å². The molecule has 2 nitrogen and oxygen atoms in total. The van der Waals surface area contributed by atoms with E-state index in [9.17, 15) is 0 Å². The van der Waals surface area contributed by atoms with Crippen molar-refractivity contribution in [3.05, 3.63) is 29.3 Å². The van der Waals surface area contributed by atoms with Crippen LogP contribution < -0.4 is 10.1 Å². The van der Waals surface area contributed by atoms with Crippen LogP contribution in [0.1, 0.15) is 44.2 Å². The zero-order chi connectivity index (χ0) is 14.0. The van der Waals surface area contributed by atoms with Crippen molar-refractivity contribution in [1.29, 1.82) is 0 Å². The molecule has 0 saturated heterocycles. The second-order valence-corrected chi connectivity index (χ2v) is 6.73. The molecule has 2 rings (SSSR count). The molecule has 1 aromatic rings. The molecule has 0 radical (unpaired) electrons. The molecule has 1 aliphatic rings. The highest BCUT2D eigenvalue weighted by Gasteiger charge is 2.35. The zero-order valence-corrected chi connectivity index (χ0v) is 12.9. The Morgan fingerprint density at radius 3 is 2.63 bits per heavy atom. The van der Waals surface area contributed by atoms with Crippen molar-refractivity contribution in [1.82, 2.24) is 5.32 Å². The van der Waals surface area contributed by atoms with Crippen LogP contribution in [0.2, 0.25) is 0 Å². The van der Waals surface area contributed by atoms with Crippen LogP contribution in [-0.2, 0) is 0 Å². The van der Waals surface area contributed by atoms with Crippen LogP contribution in [0.5, 0.6) is 5.75 Å². The normalized spacial score (nSPS) is 26.2. The lowest BCUT2D eigenvalue weighted by Crippen LogP contribution is -2.47. The van der Waals surface area contributed by atoms with Crippen LogP contribution in [0.4, 0.5) is 0 Å². The van der Waals surface area contributed by atoms with Crippen LogP contribution in [-0.4, -0.2) is 19.2 Å². The average molecular weight is 261 g/mol. The molecule has 2 unspecified atom stereocenters. The Balaban J connectivity index is 2.14. The minimum atomic E-state index is 0.273. The standard InChI is InChI=1S/C17H27NO/c1-12-6-7-15(13(2)10-12)19-16-11-17(3,4)9-8-14(16)18-5/h6-7,10,14,16,18H,8-9,11H2,1-5H3. The third kappa shape index (κ3) is 3.50. The lowest BCUT2D eigenvalue weighted by atomic mass is 9.74. The van der Waals surface area contributed by atoms with Gasteiger partial charge >= 0.3 is 0 Å². The second-order valence-electron chi connectivity index (χ2n) is 6.73. The van der Waals surface area contributed by atoms with E-state index < -0.39 is 0 Å². The van der Waals surface area contributed by atoms with Gasteiger partial charge in [-0.05, 0) is 57.2 Å². The van der Waals surface area contributed by atoms with E-state index in [4.69, 9.17) is 4.74 Å². The van der Waals surface area contributed by atoms with E-state index in [0.29, 0.717) is 11.5 Å². The van der Waals surface area contributed by atoms with Gasteiger partial charge in [0.25, 0.3) is 0 Å². The Hall–Kier alpha value is -1.02. The quantitative estimate of drug-likeness (QED) is 0.892. The summed E-state index contributed by atoms with van der Waals surface area (Å²) in [5, 5.41) is 3.42. The largest absolute Gasteiger partial charge is 0.489 e. The first-order valence-corrected chi connectivity index (χ1v) is 7.32. The Labute approximate surface area is 117 Å². The number of rotatable bonds is 3. The highest BCUT2D eigenvalue weighted by atomic mass is 16.5. The zero-order valence-electron chi connectivity index (χ0n) is 12.9. The summed E-state index contributed by atoms with van der Waals surface area (Å²) in [4.78, 5) is 0. The van der Waals surface area contributed by atoms with Crippen molar-refractivity contribution in [2.45, 2.75) is 59.1 Å². The molecular formula is C17H27NO. The van der Waals surface area contributed by atoms with Crippen LogP contribution in [0, 0.1) is 19.3 Å². The molecular weight excluding hydrogens is 234 g/mol. The maximum Gasteiger partial charge on any atom is 0.122 e. The molecule has 1 saturated carbocycles. The first-order valence-electron chi connectivity index (χ1n) is 7.32. The number of aryl methyl sites for hydroxylation is 2. The molecule has 1 fully saturated rings. The molecule has 0 bridgehead atoms. The van der Waals surface area contributed by atoms with Gasteiger partial charge in [-0.3, -0.25) is 0 Å². The number of likely N-dealkylation sites (N-methyl/N-ethyl adjacent to an activating group) is 1. The minimum absolute atomic E-state index is 0.273. The van der Waals surface area contributed by atoms with Gasteiger partial charge in [0.1, 0.15) is 11.9 Å². The summed E-state index contributed by atoms with van der Waals surface area (Å²) in [5.74, 6) is 1.04. The lowest BCUT2D eigenvalue weighted by Gasteiger charge is -2.40. The van der Waals surface area contributed by atoms with Gasteiger partial charge in [-0.25, -0.2) is 0 Å². The molecule has 19 heavy (non-hydrogen) atoms. The van der Waals surface area contributed by atoms with E-state index in [0.717, 1.165) is 12.2 Å². The number of nitrogens with one attached hydrogen (secondary N) is 1. The Morgan fingerprint density at radius 1 is 1.26 bits per heavy atom. The average Bonchev–Trinajstić information content (AvgIpc) is 2.32. The molecule has 0 amide bonds. The highest BCUT2D eigenvalue weighted by Crippen LogP contribution is 2.37. The summed E-state index contributed by atoms with van der Waals surface area (Å²) in [6.45, 7) is 8.94. The lowest BCUT2D eigenvalue weighted by molar-refractivity contribution is 0.0554. The molecule has 0 aliphatic heterocycles. The van der Waals surface area contributed by atoms with E-state index in [1.54, 1.807) is 0 Å². The second kappa shape index (κ2) is 5.54. The third-order valence-electron chi connectivity index (χ3n) is 4.31. The summed E-state index contributed by atoms with van der Waals surface area (Å²) in [6, 6.07) is 6.90. The monoisotopic (exact) mass is 261 g/mol.